The number of ether oxygens (including phenoxy) is 3. The van der Waals surface area contributed by atoms with Crippen molar-refractivity contribution in [3.63, 3.8) is 0 Å². The number of carbonyl (C=O) groups excluding carboxylic acids is 1. The van der Waals surface area contributed by atoms with Crippen LogP contribution in [0.1, 0.15) is 10.4 Å². The normalized spacial score (nSPS) is 16.8. The summed E-state index contributed by atoms with van der Waals surface area (Å²) in [7, 11) is -0.434. The Kier molecular flexibility index (Phi) is 6.68. The molecule has 0 aliphatic carbocycles. The fourth-order valence-corrected chi connectivity index (χ4v) is 5.68. The van der Waals surface area contributed by atoms with Crippen LogP contribution in [-0.4, -0.2) is 70.4 Å². The van der Waals surface area contributed by atoms with E-state index in [1.165, 1.54) is 26.0 Å². The molecule has 176 valence electrons. The highest BCUT2D eigenvalue weighted by Gasteiger charge is 2.33. The lowest BCUT2D eigenvalue weighted by Gasteiger charge is -2.22. The average molecular weight is 494 g/mol. The first-order valence-corrected chi connectivity index (χ1v) is 12.5. The highest BCUT2D eigenvalue weighted by atomic mass is 32.2. The van der Waals surface area contributed by atoms with Gasteiger partial charge in [0, 0.05) is 23.5 Å². The number of nitrogens with zero attached hydrogens (tertiary/aromatic N) is 2. The molecule has 10 nitrogen and oxygen atoms in total. The SMILES string of the molecule is COc1cccc(OC)c1OCC(O)CNC(=O)c1ccc2c(c1)SC1=NS(=O)(=O)CCN12. The van der Waals surface area contributed by atoms with Gasteiger partial charge in [-0.2, -0.15) is 0 Å². The van der Waals surface area contributed by atoms with Gasteiger partial charge in [0.25, 0.3) is 15.9 Å². The summed E-state index contributed by atoms with van der Waals surface area (Å²) in [5.41, 5.74) is 1.22. The zero-order valence-electron chi connectivity index (χ0n) is 18.0. The van der Waals surface area contributed by atoms with Crippen LogP contribution >= 0.6 is 11.8 Å². The lowest BCUT2D eigenvalue weighted by Crippen LogP contribution is -2.35. The van der Waals surface area contributed by atoms with Gasteiger partial charge in [0.1, 0.15) is 12.7 Å². The maximum Gasteiger partial charge on any atom is 0.257 e. The monoisotopic (exact) mass is 493 g/mol. The van der Waals surface area contributed by atoms with Crippen LogP contribution < -0.4 is 24.4 Å². The maximum atomic E-state index is 12.6. The van der Waals surface area contributed by atoms with Crippen molar-refractivity contribution in [3.8, 4) is 17.2 Å². The minimum atomic E-state index is -3.44. The number of amides is 1. The second kappa shape index (κ2) is 9.49. The van der Waals surface area contributed by atoms with Crippen molar-refractivity contribution in [3.05, 3.63) is 42.0 Å². The van der Waals surface area contributed by atoms with Gasteiger partial charge in [0.2, 0.25) is 5.75 Å². The van der Waals surface area contributed by atoms with Crippen molar-refractivity contribution in [2.75, 3.05) is 44.6 Å². The van der Waals surface area contributed by atoms with Gasteiger partial charge in [-0.05, 0) is 42.1 Å². The molecule has 0 radical (unpaired) electrons. The number of thioether (sulfide) groups is 1. The number of amidine groups is 1. The van der Waals surface area contributed by atoms with Gasteiger partial charge >= 0.3 is 0 Å². The quantitative estimate of drug-likeness (QED) is 0.562. The third kappa shape index (κ3) is 5.02. The molecule has 0 bridgehead atoms. The van der Waals surface area contributed by atoms with Crippen LogP contribution in [-0.2, 0) is 10.0 Å². The van der Waals surface area contributed by atoms with Gasteiger partial charge in [-0.3, -0.25) is 4.79 Å². The van der Waals surface area contributed by atoms with E-state index in [1.807, 2.05) is 4.90 Å². The smallest absolute Gasteiger partial charge is 0.257 e. The van der Waals surface area contributed by atoms with Gasteiger partial charge in [-0.1, -0.05) is 6.07 Å². The number of anilines is 1. The molecule has 33 heavy (non-hydrogen) atoms. The summed E-state index contributed by atoms with van der Waals surface area (Å²) in [6, 6.07) is 10.3. The third-order valence-corrected chi connectivity index (χ3v) is 7.34. The number of benzene rings is 2. The van der Waals surface area contributed by atoms with E-state index in [9.17, 15) is 18.3 Å². The highest BCUT2D eigenvalue weighted by molar-refractivity contribution is 8.15. The number of rotatable bonds is 8. The van der Waals surface area contributed by atoms with E-state index in [2.05, 4.69) is 9.71 Å². The first-order valence-electron chi connectivity index (χ1n) is 10.0. The summed E-state index contributed by atoms with van der Waals surface area (Å²) >= 11 is 1.21. The number of hydrogen-bond acceptors (Lipinski definition) is 9. The number of carbonyl (C=O) groups is 1. The van der Waals surface area contributed by atoms with Crippen molar-refractivity contribution >= 4 is 38.5 Å². The minimum absolute atomic E-state index is 0.0302. The number of methoxy groups -OCH3 is 2. The molecule has 2 heterocycles. The van der Waals surface area contributed by atoms with E-state index in [-0.39, 0.29) is 24.8 Å². The van der Waals surface area contributed by atoms with E-state index < -0.39 is 16.1 Å². The summed E-state index contributed by atoms with van der Waals surface area (Å²) in [5.74, 6) is 0.890. The molecule has 1 unspecified atom stereocenters. The van der Waals surface area contributed by atoms with Crippen molar-refractivity contribution in [1.82, 2.24) is 5.32 Å². The molecule has 1 amide bonds. The number of fused-ring (bicyclic) bond motifs is 3. The topological polar surface area (TPSA) is 127 Å². The van der Waals surface area contributed by atoms with Crippen LogP contribution in [0.5, 0.6) is 17.2 Å². The van der Waals surface area contributed by atoms with E-state index in [1.54, 1.807) is 36.4 Å². The third-order valence-electron chi connectivity index (χ3n) is 5.04. The van der Waals surface area contributed by atoms with Crippen molar-refractivity contribution in [2.45, 2.75) is 11.0 Å². The molecule has 0 spiro atoms. The molecule has 2 aliphatic heterocycles. The molecule has 0 aromatic heterocycles. The Balaban J connectivity index is 1.35. The molecule has 0 fully saturated rings. The average Bonchev–Trinajstić information content (AvgIpc) is 3.16. The van der Waals surface area contributed by atoms with Crippen LogP contribution in [0.2, 0.25) is 0 Å². The minimum Gasteiger partial charge on any atom is -0.493 e. The zero-order valence-corrected chi connectivity index (χ0v) is 19.6. The number of hydrogen-bond donors (Lipinski definition) is 2. The fourth-order valence-electron chi connectivity index (χ4n) is 3.38. The number of aliphatic hydroxyl groups is 1. The molecule has 2 N–H and O–H groups in total. The molecule has 2 aliphatic rings. The Labute approximate surface area is 195 Å². The molecule has 0 saturated heterocycles. The van der Waals surface area contributed by atoms with Crippen LogP contribution in [0.3, 0.4) is 0 Å². The van der Waals surface area contributed by atoms with Crippen molar-refractivity contribution < 1.29 is 32.5 Å². The van der Waals surface area contributed by atoms with E-state index in [4.69, 9.17) is 14.2 Å². The van der Waals surface area contributed by atoms with Crippen LogP contribution in [0.15, 0.2) is 45.7 Å². The summed E-state index contributed by atoms with van der Waals surface area (Å²) in [6.07, 6.45) is -0.971. The molecular weight excluding hydrogens is 470 g/mol. The molecule has 12 heteroatoms. The second-order valence-corrected chi connectivity index (χ2v) is 10.0. The molecule has 2 aromatic carbocycles. The standard InChI is InChI=1S/C21H23N3O7S2/c1-29-16-4-3-5-17(30-2)19(16)31-12-14(25)11-22-20(26)13-6-7-15-18(10-13)32-21-23-33(27,28)9-8-24(15)21/h3-7,10,14,25H,8-9,11-12H2,1-2H3,(H,22,26). The number of aliphatic hydroxyl groups excluding tert-OH is 1. The number of sulfonamides is 1. The predicted octanol–water partition coefficient (Wildman–Crippen LogP) is 1.49. The maximum absolute atomic E-state index is 12.6. The Bertz CT molecular complexity index is 1180. The lowest BCUT2D eigenvalue weighted by molar-refractivity contribution is 0.0833. The van der Waals surface area contributed by atoms with E-state index >= 15 is 0 Å². The lowest BCUT2D eigenvalue weighted by atomic mass is 10.1. The van der Waals surface area contributed by atoms with Crippen molar-refractivity contribution in [1.29, 1.82) is 0 Å². The highest BCUT2D eigenvalue weighted by Crippen LogP contribution is 2.42. The van der Waals surface area contributed by atoms with Gasteiger partial charge < -0.3 is 29.5 Å². The van der Waals surface area contributed by atoms with Crippen molar-refractivity contribution in [2.24, 2.45) is 4.40 Å². The molecule has 0 saturated carbocycles. The first-order chi connectivity index (χ1) is 15.8. The number of nitrogens with one attached hydrogen (secondary N) is 1. The van der Waals surface area contributed by atoms with Gasteiger partial charge in [-0.15, -0.1) is 4.40 Å². The summed E-state index contributed by atoms with van der Waals surface area (Å²) in [4.78, 5) is 15.2. The Morgan fingerprint density at radius 2 is 1.97 bits per heavy atom. The van der Waals surface area contributed by atoms with Gasteiger partial charge in [0.15, 0.2) is 16.7 Å². The summed E-state index contributed by atoms with van der Waals surface area (Å²) < 4.78 is 43.5. The van der Waals surface area contributed by atoms with Crippen LogP contribution in [0.4, 0.5) is 5.69 Å². The Hall–Kier alpha value is -2.96. The Morgan fingerprint density at radius 3 is 2.67 bits per heavy atom. The van der Waals surface area contributed by atoms with Crippen LogP contribution in [0.25, 0.3) is 0 Å². The molecule has 4 rings (SSSR count). The predicted molar refractivity (Wildman–Crippen MR) is 124 cm³/mol. The molecular formula is C21H23N3O7S2. The molecule has 1 atom stereocenters. The Morgan fingerprint density at radius 1 is 1.24 bits per heavy atom. The fraction of sp³-hybridized carbons (Fsp3) is 0.333. The molecule has 2 aromatic rings. The summed E-state index contributed by atoms with van der Waals surface area (Å²) in [5, 5.41) is 13.3. The van der Waals surface area contributed by atoms with Crippen LogP contribution in [0, 0.1) is 0 Å². The number of para-hydroxylation sites is 1. The largest absolute Gasteiger partial charge is 0.493 e. The first kappa shape index (κ1) is 23.2. The van der Waals surface area contributed by atoms with Gasteiger partial charge in [0.05, 0.1) is 25.7 Å². The second-order valence-electron chi connectivity index (χ2n) is 7.26. The summed E-state index contributed by atoms with van der Waals surface area (Å²) in [6.45, 7) is 0.216. The van der Waals surface area contributed by atoms with Gasteiger partial charge in [-0.25, -0.2) is 8.42 Å². The zero-order chi connectivity index (χ0) is 23.6. The van der Waals surface area contributed by atoms with E-state index in [0.717, 1.165) is 10.6 Å². The van der Waals surface area contributed by atoms with E-state index in [0.29, 0.717) is 34.5 Å².